The van der Waals surface area contributed by atoms with Crippen LogP contribution in [0.2, 0.25) is 0 Å². The first-order chi connectivity index (χ1) is 12.1. The van der Waals surface area contributed by atoms with Gasteiger partial charge in [-0.3, -0.25) is 0 Å². The van der Waals surface area contributed by atoms with Crippen LogP contribution in [0.1, 0.15) is 17.7 Å². The fraction of sp³-hybridized carbons (Fsp3) is 0.444. The van der Waals surface area contributed by atoms with Crippen molar-refractivity contribution >= 4 is 26.7 Å². The molecule has 2 aromatic rings. The lowest BCUT2D eigenvalue weighted by atomic mass is 9.97. The molecule has 6 nitrogen and oxygen atoms in total. The molecule has 4 rings (SSSR count). The summed E-state index contributed by atoms with van der Waals surface area (Å²) < 4.78 is 33.9. The van der Waals surface area contributed by atoms with Crippen LogP contribution in [0.3, 0.4) is 0 Å². The topological polar surface area (TPSA) is 65.6 Å². The number of morpholine rings is 1. The van der Waals surface area contributed by atoms with Crippen LogP contribution in [-0.2, 0) is 14.9 Å². The number of para-hydroxylation sites is 1. The Morgan fingerprint density at radius 2 is 1.84 bits per heavy atom. The Kier molecular flexibility index (Phi) is 4.41. The molecule has 0 radical (unpaired) electrons. The van der Waals surface area contributed by atoms with E-state index >= 15 is 0 Å². The molecule has 25 heavy (non-hydrogen) atoms. The third kappa shape index (κ3) is 3.01. The minimum absolute atomic E-state index is 0.425. The van der Waals surface area contributed by atoms with E-state index in [-0.39, 0.29) is 0 Å². The zero-order valence-electron chi connectivity index (χ0n) is 14.4. The maximum absolute atomic E-state index is 12.8. The lowest BCUT2D eigenvalue weighted by Gasteiger charge is -2.33. The van der Waals surface area contributed by atoms with Crippen LogP contribution in [0.25, 0.3) is 16.5 Å². The van der Waals surface area contributed by atoms with Crippen molar-refractivity contribution < 1.29 is 13.2 Å². The van der Waals surface area contributed by atoms with E-state index < -0.39 is 10.2 Å². The number of ether oxygens (including phenoxy) is 1. The second-order valence-electron chi connectivity index (χ2n) is 6.53. The number of hydrogen-bond acceptors (Lipinski definition) is 3. The molecule has 1 aromatic carbocycles. The van der Waals surface area contributed by atoms with Gasteiger partial charge in [-0.1, -0.05) is 24.3 Å². The third-order valence-corrected chi connectivity index (χ3v) is 7.01. The number of fused-ring (bicyclic) bond motifs is 1. The highest BCUT2D eigenvalue weighted by Gasteiger charge is 2.32. The van der Waals surface area contributed by atoms with Gasteiger partial charge in [-0.25, -0.2) is 0 Å². The monoisotopic (exact) mass is 361 g/mol. The van der Waals surface area contributed by atoms with E-state index in [0.717, 1.165) is 17.6 Å². The van der Waals surface area contributed by atoms with Crippen molar-refractivity contribution in [3.63, 3.8) is 0 Å². The number of benzene rings is 1. The summed E-state index contributed by atoms with van der Waals surface area (Å²) in [6.45, 7) is 4.85. The molecule has 0 spiro atoms. The van der Waals surface area contributed by atoms with Crippen LogP contribution in [-0.4, -0.2) is 61.4 Å². The van der Waals surface area contributed by atoms with E-state index in [9.17, 15) is 8.42 Å². The van der Waals surface area contributed by atoms with Crippen molar-refractivity contribution in [1.29, 1.82) is 0 Å². The number of hydrogen-bond donors (Lipinski definition) is 1. The first kappa shape index (κ1) is 16.8. The normalized spacial score (nSPS) is 20.8. The lowest BCUT2D eigenvalue weighted by molar-refractivity contribution is 0.0703. The maximum atomic E-state index is 12.8. The average Bonchev–Trinajstić information content (AvgIpc) is 2.98. The van der Waals surface area contributed by atoms with Crippen molar-refractivity contribution in [2.75, 3.05) is 39.4 Å². The Morgan fingerprint density at radius 1 is 1.08 bits per heavy atom. The summed E-state index contributed by atoms with van der Waals surface area (Å²) in [5.41, 5.74) is 4.71. The second-order valence-corrected chi connectivity index (χ2v) is 8.46. The fourth-order valence-corrected chi connectivity index (χ4v) is 5.24. The molecule has 0 saturated carbocycles. The maximum Gasteiger partial charge on any atom is 0.282 e. The molecule has 0 bridgehead atoms. The minimum atomic E-state index is -3.40. The summed E-state index contributed by atoms with van der Waals surface area (Å²) in [7, 11) is -3.40. The summed E-state index contributed by atoms with van der Waals surface area (Å²) in [4.78, 5) is 3.42. The van der Waals surface area contributed by atoms with Gasteiger partial charge in [0.25, 0.3) is 10.2 Å². The highest BCUT2D eigenvalue weighted by atomic mass is 32.2. The summed E-state index contributed by atoms with van der Waals surface area (Å²) in [6.07, 6.45) is 2.79. The molecule has 1 aromatic heterocycles. The molecule has 134 valence electrons. The Morgan fingerprint density at radius 3 is 2.56 bits per heavy atom. The molecule has 1 N–H and O–H groups in total. The zero-order chi connectivity index (χ0) is 17.4. The standard InChI is InChI=1S/C18H23N3O3S/c1-14-18(16-4-2-3-5-17(16)19-14)15-6-8-20(9-7-15)25(22,23)21-10-12-24-13-11-21/h2-6,19H,7-13H2,1H3. The number of aromatic amines is 1. The number of nitrogens with zero attached hydrogens (tertiary/aromatic N) is 2. The highest BCUT2D eigenvalue weighted by molar-refractivity contribution is 7.86. The van der Waals surface area contributed by atoms with E-state index in [0.29, 0.717) is 39.4 Å². The summed E-state index contributed by atoms with van der Waals surface area (Å²) >= 11 is 0. The van der Waals surface area contributed by atoms with Crippen molar-refractivity contribution in [3.05, 3.63) is 41.6 Å². The first-order valence-electron chi connectivity index (χ1n) is 8.67. The molecule has 0 aliphatic carbocycles. The van der Waals surface area contributed by atoms with Gasteiger partial charge in [-0.15, -0.1) is 0 Å². The molecule has 0 unspecified atom stereocenters. The number of rotatable bonds is 3. The zero-order valence-corrected chi connectivity index (χ0v) is 15.2. The van der Waals surface area contributed by atoms with Crippen LogP contribution in [0.15, 0.2) is 30.3 Å². The Labute approximate surface area is 148 Å². The van der Waals surface area contributed by atoms with E-state index in [1.54, 1.807) is 4.31 Å². The third-order valence-electron chi connectivity index (χ3n) is 5.01. The molecule has 7 heteroatoms. The van der Waals surface area contributed by atoms with Gasteiger partial charge in [0.05, 0.1) is 13.2 Å². The summed E-state index contributed by atoms with van der Waals surface area (Å²) in [5.74, 6) is 0. The number of aromatic nitrogens is 1. The molecule has 0 amide bonds. The van der Waals surface area contributed by atoms with Crippen LogP contribution in [0.5, 0.6) is 0 Å². The number of nitrogens with one attached hydrogen (secondary N) is 1. The van der Waals surface area contributed by atoms with Gasteiger partial charge < -0.3 is 9.72 Å². The van der Waals surface area contributed by atoms with E-state index in [2.05, 4.69) is 30.1 Å². The van der Waals surface area contributed by atoms with Crippen molar-refractivity contribution in [2.24, 2.45) is 0 Å². The van der Waals surface area contributed by atoms with Gasteiger partial charge >= 0.3 is 0 Å². The van der Waals surface area contributed by atoms with Gasteiger partial charge in [-0.05, 0) is 25.0 Å². The molecule has 2 aliphatic rings. The molecule has 1 saturated heterocycles. The smallest absolute Gasteiger partial charge is 0.282 e. The van der Waals surface area contributed by atoms with E-state index in [1.165, 1.54) is 20.8 Å². The minimum Gasteiger partial charge on any atom is -0.379 e. The average molecular weight is 361 g/mol. The molecular formula is C18H23N3O3S. The van der Waals surface area contributed by atoms with Crippen molar-refractivity contribution in [2.45, 2.75) is 13.3 Å². The van der Waals surface area contributed by atoms with Crippen LogP contribution < -0.4 is 0 Å². The first-order valence-corrected chi connectivity index (χ1v) is 10.1. The molecule has 3 heterocycles. The predicted octanol–water partition coefficient (Wildman–Crippen LogP) is 2.14. The van der Waals surface area contributed by atoms with Gasteiger partial charge in [0.1, 0.15) is 0 Å². The Bertz CT molecular complexity index is 911. The van der Waals surface area contributed by atoms with E-state index in [4.69, 9.17) is 4.74 Å². The van der Waals surface area contributed by atoms with Crippen LogP contribution in [0, 0.1) is 6.92 Å². The summed E-state index contributed by atoms with van der Waals surface area (Å²) in [5, 5.41) is 1.20. The second kappa shape index (κ2) is 6.57. The quantitative estimate of drug-likeness (QED) is 0.911. The van der Waals surface area contributed by atoms with E-state index in [1.807, 2.05) is 12.1 Å². The van der Waals surface area contributed by atoms with Crippen LogP contribution in [0.4, 0.5) is 0 Å². The molecule has 2 aliphatic heterocycles. The molecule has 1 fully saturated rings. The molecular weight excluding hydrogens is 338 g/mol. The van der Waals surface area contributed by atoms with Gasteiger partial charge in [0, 0.05) is 48.3 Å². The van der Waals surface area contributed by atoms with Crippen molar-refractivity contribution in [1.82, 2.24) is 13.6 Å². The van der Waals surface area contributed by atoms with Crippen LogP contribution >= 0.6 is 0 Å². The van der Waals surface area contributed by atoms with Gasteiger partial charge in [0.2, 0.25) is 0 Å². The lowest BCUT2D eigenvalue weighted by Crippen LogP contribution is -2.49. The summed E-state index contributed by atoms with van der Waals surface area (Å²) in [6, 6.07) is 8.25. The largest absolute Gasteiger partial charge is 0.379 e. The fourth-order valence-electron chi connectivity index (χ4n) is 3.72. The Hall–Kier alpha value is -1.67. The van der Waals surface area contributed by atoms with Gasteiger partial charge in [0.15, 0.2) is 0 Å². The highest BCUT2D eigenvalue weighted by Crippen LogP contribution is 2.32. The molecule has 0 atom stereocenters. The van der Waals surface area contributed by atoms with Gasteiger partial charge in [-0.2, -0.15) is 17.0 Å². The van der Waals surface area contributed by atoms with Crippen molar-refractivity contribution in [3.8, 4) is 0 Å². The number of aryl methyl sites for hydroxylation is 1. The number of H-pyrrole nitrogens is 1. The predicted molar refractivity (Wildman–Crippen MR) is 98.5 cm³/mol. The SMILES string of the molecule is Cc1[nH]c2ccccc2c1C1=CCN(S(=O)(=O)N2CCOCC2)CC1. The Balaban J connectivity index is 1.59.